The first-order valence-electron chi connectivity index (χ1n) is 44.0. The lowest BCUT2D eigenvalue weighted by atomic mass is 9.93. The molecule has 0 radical (unpaired) electrons. The molecule has 6 saturated heterocycles. The van der Waals surface area contributed by atoms with Crippen molar-refractivity contribution in [2.45, 2.75) is 442 Å². The Balaban J connectivity index is 1.06. The van der Waals surface area contributed by atoms with Crippen LogP contribution in [0.5, 0.6) is 0 Å². The molecular weight excluding hydrogens is 1550 g/mol. The van der Waals surface area contributed by atoms with Crippen molar-refractivity contribution in [3.63, 3.8) is 0 Å². The lowest BCUT2D eigenvalue weighted by molar-refractivity contribution is -0.385. The maximum atomic E-state index is 13.6. The number of aliphatic hydroxyl groups is 18. The fourth-order valence-electron chi connectivity index (χ4n) is 16.2. The number of allylic oxidation sites excluding steroid dienone is 1. The molecule has 3 amide bonds. The highest BCUT2D eigenvalue weighted by atomic mass is 16.8. The summed E-state index contributed by atoms with van der Waals surface area (Å²) < 4.78 is 71.0. The number of amides is 3. The van der Waals surface area contributed by atoms with Gasteiger partial charge in [-0.1, -0.05) is 219 Å². The highest BCUT2D eigenvalue weighted by Crippen LogP contribution is 2.38. The van der Waals surface area contributed by atoms with E-state index < -0.39 is 254 Å². The molecule has 36 heteroatoms. The zero-order valence-electron chi connectivity index (χ0n) is 69.8. The smallest absolute Gasteiger partial charge is 0.220 e. The van der Waals surface area contributed by atoms with Gasteiger partial charge in [0.2, 0.25) is 17.7 Å². The van der Waals surface area contributed by atoms with E-state index in [1.54, 1.807) is 6.08 Å². The average molecular weight is 1710 g/mol. The number of carbonyl (C=O) groups excluding carboxylic acids is 3. The lowest BCUT2D eigenvalue weighted by Crippen LogP contribution is -2.71. The van der Waals surface area contributed by atoms with Crippen LogP contribution >= 0.6 is 0 Å². The van der Waals surface area contributed by atoms with E-state index in [9.17, 15) is 106 Å². The summed E-state index contributed by atoms with van der Waals surface area (Å²) in [5, 5.41) is 208. The van der Waals surface area contributed by atoms with Crippen molar-refractivity contribution in [3.8, 4) is 0 Å². The third-order valence-electron chi connectivity index (χ3n) is 23.2. The number of hydrogen-bond donors (Lipinski definition) is 21. The summed E-state index contributed by atoms with van der Waals surface area (Å²) in [6, 6.07) is -4.65. The van der Waals surface area contributed by atoms with Crippen molar-refractivity contribution >= 4 is 17.7 Å². The maximum absolute atomic E-state index is 13.6. The fraction of sp³-hybridized carbons (Fsp3) is 0.939. The molecule has 12 unspecified atom stereocenters. The zero-order chi connectivity index (χ0) is 86.2. The van der Waals surface area contributed by atoms with E-state index in [1.807, 2.05) is 6.08 Å². The van der Waals surface area contributed by atoms with Gasteiger partial charge in [-0.05, 0) is 19.3 Å². The standard InChI is InChI=1S/C82H149N3O33/c1-5-7-9-11-13-15-17-19-20-21-22-23-24-25-26-28-30-32-34-36-38-40-58(95)85-50(51(94)39-37-35-33-31-29-27-18-16-14-12-10-8-6-2)47-107-79-69(104)66(101)74(56(45-90)112-79)116-81-70(105)67(102)73(57(46-91)113-81)114-78-60(84-49(4)93)75(62(97)53(42-87)108-78)117-82-71(106)76(63(98)54(43-88)110-82)118-77-59(83-48(3)92)64(99)72(55(44-89)111-77)115-80-68(103)65(100)61(96)52(41-86)109-80/h37,39,50-57,59-82,86-91,94,96-106H,5-36,38,40-47H2,1-4H3,(H,83,92)(H,84,93)(H,85,95)/b39-37+/t50-,51+,52?,53?,54?,55?,56?,57?,59?,60?,61-,62-,63-,64+,65-,66+,67+,68?,69?,70?,71?,72+,73-,74+,75+,76-,77-,78-,79+,80-,81-,82-/m0/s1. The number of aliphatic hydroxyl groups excluding tert-OH is 18. The van der Waals surface area contributed by atoms with Gasteiger partial charge in [0.25, 0.3) is 0 Å². The summed E-state index contributed by atoms with van der Waals surface area (Å²) in [6.07, 6.45) is -12.1. The van der Waals surface area contributed by atoms with Gasteiger partial charge in [0.05, 0.1) is 58.4 Å². The zero-order valence-corrected chi connectivity index (χ0v) is 69.8. The molecule has 0 spiro atoms. The second-order valence-electron chi connectivity index (χ2n) is 32.8. The third-order valence-corrected chi connectivity index (χ3v) is 23.2. The molecule has 6 fully saturated rings. The first kappa shape index (κ1) is 104. The first-order chi connectivity index (χ1) is 56.8. The van der Waals surface area contributed by atoms with Gasteiger partial charge in [0.1, 0.15) is 146 Å². The molecule has 690 valence electrons. The van der Waals surface area contributed by atoms with Gasteiger partial charge in [0.15, 0.2) is 37.7 Å². The van der Waals surface area contributed by atoms with E-state index in [0.717, 1.165) is 65.2 Å². The number of nitrogens with one attached hydrogen (secondary N) is 3. The summed E-state index contributed by atoms with van der Waals surface area (Å²) in [7, 11) is 0. The molecule has 0 saturated carbocycles. The Hall–Kier alpha value is -3.05. The molecule has 118 heavy (non-hydrogen) atoms. The molecule has 6 heterocycles. The Morgan fingerprint density at radius 2 is 0.644 bits per heavy atom. The minimum Gasteiger partial charge on any atom is -0.394 e. The number of ether oxygens (including phenoxy) is 12. The van der Waals surface area contributed by atoms with Gasteiger partial charge in [-0.2, -0.15) is 0 Å². The average Bonchev–Trinajstić information content (AvgIpc) is 0.766. The monoisotopic (exact) mass is 1700 g/mol. The highest BCUT2D eigenvalue weighted by molar-refractivity contribution is 5.76. The van der Waals surface area contributed by atoms with Crippen LogP contribution < -0.4 is 16.0 Å². The van der Waals surface area contributed by atoms with Crippen molar-refractivity contribution in [1.82, 2.24) is 16.0 Å². The van der Waals surface area contributed by atoms with Gasteiger partial charge in [-0.3, -0.25) is 14.4 Å². The number of hydrogen-bond acceptors (Lipinski definition) is 33. The lowest BCUT2D eigenvalue weighted by Gasteiger charge is -2.51. The number of rotatable bonds is 58. The van der Waals surface area contributed by atoms with Crippen molar-refractivity contribution in [2.75, 3.05) is 46.2 Å². The molecule has 0 aliphatic carbocycles. The van der Waals surface area contributed by atoms with Crippen LogP contribution in [-0.4, -0.2) is 352 Å². The minimum atomic E-state index is -2.27. The van der Waals surface area contributed by atoms with Gasteiger partial charge in [0, 0.05) is 20.3 Å². The van der Waals surface area contributed by atoms with Crippen LogP contribution in [0.2, 0.25) is 0 Å². The van der Waals surface area contributed by atoms with Gasteiger partial charge >= 0.3 is 0 Å². The summed E-state index contributed by atoms with van der Waals surface area (Å²) in [4.78, 5) is 39.3. The van der Waals surface area contributed by atoms with Crippen molar-refractivity contribution in [2.24, 2.45) is 0 Å². The first-order valence-corrected chi connectivity index (χ1v) is 44.0. The second kappa shape index (κ2) is 56.8. The van der Waals surface area contributed by atoms with Crippen LogP contribution in [0.15, 0.2) is 12.2 Å². The predicted molar refractivity (Wildman–Crippen MR) is 421 cm³/mol. The molecule has 0 bridgehead atoms. The van der Waals surface area contributed by atoms with E-state index >= 15 is 0 Å². The van der Waals surface area contributed by atoms with Crippen molar-refractivity contribution in [1.29, 1.82) is 0 Å². The number of unbranched alkanes of at least 4 members (excludes halogenated alkanes) is 31. The summed E-state index contributed by atoms with van der Waals surface area (Å²) in [6.45, 7) is 0.106. The minimum absolute atomic E-state index is 0.181. The Bertz CT molecular complexity index is 2710. The molecule has 6 rings (SSSR count). The van der Waals surface area contributed by atoms with Gasteiger partial charge in [-0.15, -0.1) is 0 Å². The Labute approximate surface area is 694 Å². The second-order valence-corrected chi connectivity index (χ2v) is 32.8. The SMILES string of the molecule is CCCCCCCCCCCCC/C=C/[C@@H](O)[C@H](CO[C@@H]1OC(CO)[C@@H](O[C@@H]2OC(CO)[C@H](O[C@@H]3OC(CO)[C@H](O)[C@H](O[C@@H]4OC(CO)[C@H](O)[C@H](O[C@@H]5OC(CO)[C@@H](O[C@@H]6OC(CO)[C@H](O)[C@H](O)C6O)[C@H](O)C5NC(C)=O)C4O)C3NC(C)=O)[C@H](O)C2O)[C@H](O)C1O)NC(=O)CCCCCCCCCCCCCCCCCCCCCCC. The summed E-state index contributed by atoms with van der Waals surface area (Å²) in [5.74, 6) is -2.05. The molecule has 0 aromatic heterocycles. The van der Waals surface area contributed by atoms with E-state index in [4.69, 9.17) is 56.8 Å². The predicted octanol–water partition coefficient (Wildman–Crippen LogP) is -0.0834. The quantitative estimate of drug-likeness (QED) is 0.0280. The highest BCUT2D eigenvalue weighted by Gasteiger charge is 2.59. The topological polar surface area (TPSA) is 562 Å². The Morgan fingerprint density at radius 1 is 0.331 bits per heavy atom. The van der Waals surface area contributed by atoms with Crippen molar-refractivity contribution in [3.05, 3.63) is 12.2 Å². The maximum Gasteiger partial charge on any atom is 0.220 e. The molecule has 21 N–H and O–H groups in total. The van der Waals surface area contributed by atoms with Crippen molar-refractivity contribution < 1.29 is 163 Å². The molecule has 0 aromatic rings. The molecule has 6 aliphatic rings. The van der Waals surface area contributed by atoms with Gasteiger partial charge < -0.3 is 165 Å². The third kappa shape index (κ3) is 32.7. The largest absolute Gasteiger partial charge is 0.394 e. The van der Waals surface area contributed by atoms with E-state index in [-0.39, 0.29) is 12.3 Å². The molecule has 6 aliphatic heterocycles. The Morgan fingerprint density at radius 3 is 1.08 bits per heavy atom. The molecular formula is C82H149N3O33. The van der Waals surface area contributed by atoms with Crippen LogP contribution in [0.3, 0.4) is 0 Å². The summed E-state index contributed by atoms with van der Waals surface area (Å²) >= 11 is 0. The van der Waals surface area contributed by atoms with E-state index in [2.05, 4.69) is 29.8 Å². The normalized spacial score (nSPS) is 35.9. The van der Waals surface area contributed by atoms with Crippen LogP contribution in [-0.2, 0) is 71.2 Å². The molecule has 36 nitrogen and oxygen atoms in total. The summed E-state index contributed by atoms with van der Waals surface area (Å²) in [5.41, 5.74) is 0. The number of carbonyl (C=O) groups is 3. The van der Waals surface area contributed by atoms with Crippen LogP contribution in [0.4, 0.5) is 0 Å². The molecule has 32 atom stereocenters. The van der Waals surface area contributed by atoms with E-state index in [1.165, 1.54) is 148 Å². The van der Waals surface area contributed by atoms with Gasteiger partial charge in [-0.25, -0.2) is 0 Å². The van der Waals surface area contributed by atoms with Crippen LogP contribution in [0, 0.1) is 0 Å². The van der Waals surface area contributed by atoms with Crippen LogP contribution in [0.1, 0.15) is 246 Å². The van der Waals surface area contributed by atoms with Crippen LogP contribution in [0.25, 0.3) is 0 Å². The fourth-order valence-corrected chi connectivity index (χ4v) is 16.2. The van der Waals surface area contributed by atoms with E-state index in [0.29, 0.717) is 12.8 Å². The molecule has 0 aromatic carbocycles. The Kier molecular flexibility index (Phi) is 50.0.